The van der Waals surface area contributed by atoms with Gasteiger partial charge in [-0.15, -0.1) is 0 Å². The number of hydrogen-bond acceptors (Lipinski definition) is 5. The second kappa shape index (κ2) is 9.68. The molecule has 0 spiro atoms. The van der Waals surface area contributed by atoms with Crippen LogP contribution in [0.1, 0.15) is 17.5 Å². The van der Waals surface area contributed by atoms with Crippen molar-refractivity contribution in [1.29, 1.82) is 0 Å². The molecule has 3 aromatic rings. The zero-order valence-corrected chi connectivity index (χ0v) is 15.2. The summed E-state index contributed by atoms with van der Waals surface area (Å²) in [5, 5.41) is 2.94. The molecule has 5 nitrogen and oxygen atoms in total. The summed E-state index contributed by atoms with van der Waals surface area (Å²) < 4.78 is 0. The highest BCUT2D eigenvalue weighted by Crippen LogP contribution is 2.14. The van der Waals surface area contributed by atoms with Crippen molar-refractivity contribution in [2.45, 2.75) is 18.7 Å². The Morgan fingerprint density at radius 2 is 1.85 bits per heavy atom. The molecule has 0 fully saturated rings. The van der Waals surface area contributed by atoms with Crippen molar-refractivity contribution in [2.24, 2.45) is 0 Å². The van der Waals surface area contributed by atoms with Gasteiger partial charge in [-0.05, 0) is 35.4 Å². The van der Waals surface area contributed by atoms with Crippen LogP contribution in [0.3, 0.4) is 0 Å². The summed E-state index contributed by atoms with van der Waals surface area (Å²) in [5.74, 6) is 1.72. The first-order valence-corrected chi connectivity index (χ1v) is 9.56. The van der Waals surface area contributed by atoms with E-state index in [1.807, 2.05) is 48.7 Å². The molecule has 1 N–H and O–H groups in total. The first-order chi connectivity index (χ1) is 12.8. The van der Waals surface area contributed by atoms with Gasteiger partial charge in [-0.2, -0.15) is 11.8 Å². The van der Waals surface area contributed by atoms with E-state index >= 15 is 0 Å². The summed E-state index contributed by atoms with van der Waals surface area (Å²) >= 11 is 1.74. The van der Waals surface area contributed by atoms with Crippen molar-refractivity contribution < 1.29 is 4.79 Å². The highest BCUT2D eigenvalue weighted by atomic mass is 32.2. The molecule has 0 saturated carbocycles. The normalized spacial score (nSPS) is 10.5. The molecule has 0 radical (unpaired) electrons. The molecule has 3 heterocycles. The number of carbonyl (C=O) groups is 1. The van der Waals surface area contributed by atoms with Crippen molar-refractivity contribution in [3.8, 4) is 11.4 Å². The topological polar surface area (TPSA) is 67.8 Å². The summed E-state index contributed by atoms with van der Waals surface area (Å²) in [6.07, 6.45) is 7.65. The third-order valence-electron chi connectivity index (χ3n) is 3.71. The largest absolute Gasteiger partial charge is 0.352 e. The second-order valence-electron chi connectivity index (χ2n) is 5.71. The van der Waals surface area contributed by atoms with Crippen LogP contribution in [-0.4, -0.2) is 26.6 Å². The summed E-state index contributed by atoms with van der Waals surface area (Å²) in [6, 6.07) is 13.6. The molecule has 3 aromatic heterocycles. The van der Waals surface area contributed by atoms with Crippen LogP contribution in [0.4, 0.5) is 0 Å². The molecule has 0 aliphatic heterocycles. The van der Waals surface area contributed by atoms with E-state index in [1.54, 1.807) is 30.4 Å². The fraction of sp³-hybridized carbons (Fsp3) is 0.200. The Hall–Kier alpha value is -2.73. The van der Waals surface area contributed by atoms with E-state index in [1.165, 1.54) is 5.56 Å². The number of nitrogens with one attached hydrogen (secondary N) is 1. The van der Waals surface area contributed by atoms with Gasteiger partial charge in [-0.1, -0.05) is 18.2 Å². The molecule has 26 heavy (non-hydrogen) atoms. The van der Waals surface area contributed by atoms with Crippen LogP contribution in [0.25, 0.3) is 11.4 Å². The Kier molecular flexibility index (Phi) is 6.73. The predicted octanol–water partition coefficient (Wildman–Crippen LogP) is 3.48. The molecule has 0 aromatic carbocycles. The molecule has 0 saturated heterocycles. The maximum atomic E-state index is 11.9. The van der Waals surface area contributed by atoms with E-state index in [0.717, 1.165) is 28.5 Å². The number of pyridine rings is 3. The van der Waals surface area contributed by atoms with Crippen molar-refractivity contribution in [3.05, 3.63) is 78.4 Å². The lowest BCUT2D eigenvalue weighted by Gasteiger charge is -2.06. The van der Waals surface area contributed by atoms with Crippen LogP contribution in [0.2, 0.25) is 0 Å². The third-order valence-corrected chi connectivity index (χ3v) is 4.74. The Bertz CT molecular complexity index is 810. The molecular formula is C20H20N4OS. The lowest BCUT2D eigenvalue weighted by molar-refractivity contribution is -0.120. The second-order valence-corrected chi connectivity index (χ2v) is 6.81. The fourth-order valence-electron chi connectivity index (χ4n) is 2.32. The van der Waals surface area contributed by atoms with E-state index in [0.29, 0.717) is 13.0 Å². The van der Waals surface area contributed by atoms with Gasteiger partial charge in [-0.25, -0.2) is 0 Å². The van der Waals surface area contributed by atoms with Gasteiger partial charge in [0.05, 0.1) is 11.4 Å². The van der Waals surface area contributed by atoms with Crippen molar-refractivity contribution in [1.82, 2.24) is 20.3 Å². The zero-order chi connectivity index (χ0) is 18.0. The maximum Gasteiger partial charge on any atom is 0.221 e. The Morgan fingerprint density at radius 3 is 2.58 bits per heavy atom. The molecule has 0 aliphatic carbocycles. The third kappa shape index (κ3) is 5.67. The average molecular weight is 364 g/mol. The van der Waals surface area contributed by atoms with Crippen LogP contribution in [0.15, 0.2) is 67.3 Å². The highest BCUT2D eigenvalue weighted by molar-refractivity contribution is 7.98. The smallest absolute Gasteiger partial charge is 0.221 e. The van der Waals surface area contributed by atoms with Crippen LogP contribution in [0.5, 0.6) is 0 Å². The minimum Gasteiger partial charge on any atom is -0.352 e. The molecule has 0 unspecified atom stereocenters. The van der Waals surface area contributed by atoms with Gasteiger partial charge < -0.3 is 5.32 Å². The molecule has 0 bridgehead atoms. The van der Waals surface area contributed by atoms with Gasteiger partial charge in [0.2, 0.25) is 5.91 Å². The molecule has 3 rings (SSSR count). The van der Waals surface area contributed by atoms with Crippen LogP contribution in [0, 0.1) is 0 Å². The SMILES string of the molecule is O=C(CCSCc1cccnc1)NCc1ccc(-c2ccccn2)nc1. The Morgan fingerprint density at radius 1 is 0.923 bits per heavy atom. The van der Waals surface area contributed by atoms with Crippen molar-refractivity contribution >= 4 is 17.7 Å². The maximum absolute atomic E-state index is 11.9. The van der Waals surface area contributed by atoms with Gasteiger partial charge in [0.1, 0.15) is 0 Å². The summed E-state index contributed by atoms with van der Waals surface area (Å²) in [6.45, 7) is 0.488. The van der Waals surface area contributed by atoms with Gasteiger partial charge in [0.15, 0.2) is 0 Å². The highest BCUT2D eigenvalue weighted by Gasteiger charge is 2.04. The standard InChI is InChI=1S/C20H20N4OS/c25-20(8-11-26-15-17-4-3-9-21-12-17)24-14-16-6-7-19(23-13-16)18-5-1-2-10-22-18/h1-7,9-10,12-13H,8,11,14-15H2,(H,24,25). The fourth-order valence-corrected chi connectivity index (χ4v) is 3.20. The number of thioether (sulfide) groups is 1. The first kappa shape index (κ1) is 18.1. The summed E-state index contributed by atoms with van der Waals surface area (Å²) in [7, 11) is 0. The zero-order valence-electron chi connectivity index (χ0n) is 14.3. The van der Waals surface area contributed by atoms with E-state index in [4.69, 9.17) is 0 Å². The van der Waals surface area contributed by atoms with Crippen molar-refractivity contribution in [2.75, 3.05) is 5.75 Å². The van der Waals surface area contributed by atoms with E-state index in [9.17, 15) is 4.79 Å². The van der Waals surface area contributed by atoms with Gasteiger partial charge in [-0.3, -0.25) is 19.7 Å². The monoisotopic (exact) mass is 364 g/mol. The van der Waals surface area contributed by atoms with Crippen LogP contribution in [-0.2, 0) is 17.1 Å². The number of rotatable bonds is 8. The minimum absolute atomic E-state index is 0.0532. The Balaban J connectivity index is 1.37. The van der Waals surface area contributed by atoms with E-state index in [-0.39, 0.29) is 5.91 Å². The number of nitrogens with zero attached hydrogens (tertiary/aromatic N) is 3. The number of hydrogen-bond donors (Lipinski definition) is 1. The quantitative estimate of drug-likeness (QED) is 0.620. The van der Waals surface area contributed by atoms with Gasteiger partial charge >= 0.3 is 0 Å². The molecule has 6 heteroatoms. The van der Waals surface area contributed by atoms with Gasteiger partial charge in [0.25, 0.3) is 0 Å². The number of carbonyl (C=O) groups excluding carboxylic acids is 1. The Labute approximate surface area is 157 Å². The molecule has 132 valence electrons. The first-order valence-electron chi connectivity index (χ1n) is 8.41. The van der Waals surface area contributed by atoms with Crippen molar-refractivity contribution in [3.63, 3.8) is 0 Å². The van der Waals surface area contributed by atoms with Crippen LogP contribution >= 0.6 is 11.8 Å². The summed E-state index contributed by atoms with van der Waals surface area (Å²) in [4.78, 5) is 24.7. The molecule has 0 atom stereocenters. The molecule has 1 amide bonds. The van der Waals surface area contributed by atoms with E-state index in [2.05, 4.69) is 20.3 Å². The lowest BCUT2D eigenvalue weighted by atomic mass is 10.2. The molecular weight excluding hydrogens is 344 g/mol. The summed E-state index contributed by atoms with van der Waals surface area (Å²) in [5.41, 5.74) is 3.82. The average Bonchev–Trinajstić information content (AvgIpc) is 2.71. The predicted molar refractivity (Wildman–Crippen MR) is 104 cm³/mol. The lowest BCUT2D eigenvalue weighted by Crippen LogP contribution is -2.23. The number of amides is 1. The molecule has 0 aliphatic rings. The number of aromatic nitrogens is 3. The van der Waals surface area contributed by atoms with Crippen LogP contribution < -0.4 is 5.32 Å². The van der Waals surface area contributed by atoms with E-state index < -0.39 is 0 Å². The minimum atomic E-state index is 0.0532. The van der Waals surface area contributed by atoms with Gasteiger partial charge in [0, 0.05) is 49.3 Å².